The zero-order valence-electron chi connectivity index (χ0n) is 33.1. The van der Waals surface area contributed by atoms with E-state index in [-0.39, 0.29) is 0 Å². The van der Waals surface area contributed by atoms with Gasteiger partial charge in [0.05, 0.1) is 0 Å². The second-order valence-corrected chi connectivity index (χ2v) is 16.9. The van der Waals surface area contributed by atoms with Gasteiger partial charge >= 0.3 is 0 Å². The highest BCUT2D eigenvalue weighted by atomic mass is 32.2. The quantitative estimate of drug-likeness (QED) is 0.151. The summed E-state index contributed by atoms with van der Waals surface area (Å²) in [6, 6.07) is 79.7. The molecule has 0 saturated carbocycles. The van der Waals surface area contributed by atoms with E-state index in [1.165, 1.54) is 82.4 Å². The third-order valence-corrected chi connectivity index (χ3v) is 13.3. The number of benzene rings is 9. The Morgan fingerprint density at radius 3 is 1.63 bits per heavy atom. The molecule has 1 aliphatic heterocycles. The maximum absolute atomic E-state index is 2.38. The van der Waals surface area contributed by atoms with Gasteiger partial charge in [-0.25, -0.2) is 0 Å². The summed E-state index contributed by atoms with van der Waals surface area (Å²) in [4.78, 5) is 3.77. The Kier molecular flexibility index (Phi) is 9.33. The normalized spacial score (nSPS) is 14.2. The monoisotopic (exact) mass is 783 g/mol. The minimum absolute atomic E-state index is 0.473. The van der Waals surface area contributed by atoms with Crippen LogP contribution in [0.15, 0.2) is 235 Å². The van der Waals surface area contributed by atoms with Crippen molar-refractivity contribution in [2.75, 3.05) is 4.90 Å². The van der Waals surface area contributed by atoms with Gasteiger partial charge in [0.15, 0.2) is 0 Å². The van der Waals surface area contributed by atoms with Gasteiger partial charge in [-0.15, -0.1) is 11.8 Å². The standard InChI is InChI=1S/C58H41NS/c1-2-11-40(12-3-1)49-17-9-18-53(39-49)59(52-35-31-45(32-36-52)54-20-10-22-57-58(54)55-19-6-7-21-56(55)60-57)51-33-29-43(30-34-51)42-23-25-44(26-24-42)47-15-8-16-48(37-47)50-28-27-41-13-4-5-14-46(41)38-50/h1-21,23-39,57H,22H2. The first-order valence-corrected chi connectivity index (χ1v) is 21.6. The molecule has 0 spiro atoms. The molecule has 0 aromatic heterocycles. The molecule has 9 aromatic carbocycles. The molecular formula is C58H41NS. The van der Waals surface area contributed by atoms with Crippen LogP contribution in [0.5, 0.6) is 0 Å². The lowest BCUT2D eigenvalue weighted by atomic mass is 9.88. The van der Waals surface area contributed by atoms with E-state index in [1.54, 1.807) is 0 Å². The summed E-state index contributed by atoms with van der Waals surface area (Å²) in [6.07, 6.45) is 5.75. The number of thioether (sulfide) groups is 1. The minimum Gasteiger partial charge on any atom is -0.310 e. The van der Waals surface area contributed by atoms with E-state index >= 15 is 0 Å². The molecule has 1 nitrogen and oxygen atoms in total. The van der Waals surface area contributed by atoms with Crippen LogP contribution in [0.4, 0.5) is 17.1 Å². The number of fused-ring (bicyclic) bond motifs is 4. The molecule has 284 valence electrons. The van der Waals surface area contributed by atoms with Gasteiger partial charge < -0.3 is 4.90 Å². The van der Waals surface area contributed by atoms with E-state index in [0.29, 0.717) is 5.25 Å². The second-order valence-electron chi connectivity index (χ2n) is 15.6. The number of allylic oxidation sites excluding steroid dienone is 3. The van der Waals surface area contributed by atoms with Gasteiger partial charge in [-0.3, -0.25) is 0 Å². The van der Waals surface area contributed by atoms with E-state index < -0.39 is 0 Å². The molecule has 0 radical (unpaired) electrons. The molecule has 0 fully saturated rings. The minimum atomic E-state index is 0.473. The van der Waals surface area contributed by atoms with Crippen LogP contribution in [0.2, 0.25) is 0 Å². The van der Waals surface area contributed by atoms with E-state index in [1.807, 2.05) is 11.8 Å². The molecule has 1 aliphatic carbocycles. The van der Waals surface area contributed by atoms with Crippen molar-refractivity contribution in [3.05, 3.63) is 242 Å². The zero-order chi connectivity index (χ0) is 39.8. The maximum Gasteiger partial charge on any atom is 0.0467 e. The Balaban J connectivity index is 0.908. The fourth-order valence-electron chi connectivity index (χ4n) is 8.91. The van der Waals surface area contributed by atoms with Crippen molar-refractivity contribution < 1.29 is 0 Å². The number of rotatable bonds is 8. The molecule has 1 heterocycles. The van der Waals surface area contributed by atoms with Gasteiger partial charge in [0.1, 0.15) is 0 Å². The molecule has 1 unspecified atom stereocenters. The Labute approximate surface area is 356 Å². The SMILES string of the molecule is C1=CC(c2ccc(N(c3ccc(-c4ccc(-c5cccc(-c6ccc7ccccc7c6)c5)cc4)cc3)c3cccc(-c4ccccc4)c3)cc2)=C2c3ccccc3SC2C1. The van der Waals surface area contributed by atoms with Crippen molar-refractivity contribution in [1.29, 1.82) is 0 Å². The van der Waals surface area contributed by atoms with Gasteiger partial charge in [0.2, 0.25) is 0 Å². The third kappa shape index (κ3) is 6.85. The highest BCUT2D eigenvalue weighted by molar-refractivity contribution is 8.00. The average molecular weight is 784 g/mol. The highest BCUT2D eigenvalue weighted by Gasteiger charge is 2.31. The van der Waals surface area contributed by atoms with Crippen molar-refractivity contribution in [2.24, 2.45) is 0 Å². The van der Waals surface area contributed by atoms with Crippen LogP contribution in [0.25, 0.3) is 66.4 Å². The summed E-state index contributed by atoms with van der Waals surface area (Å²) in [5, 5.41) is 3.00. The number of nitrogens with zero attached hydrogens (tertiary/aromatic N) is 1. The molecule has 0 amide bonds. The van der Waals surface area contributed by atoms with E-state index in [2.05, 4.69) is 235 Å². The van der Waals surface area contributed by atoms with E-state index in [0.717, 1.165) is 23.5 Å². The first-order valence-electron chi connectivity index (χ1n) is 20.7. The third-order valence-electron chi connectivity index (χ3n) is 12.0. The Morgan fingerprint density at radius 1 is 0.367 bits per heavy atom. The van der Waals surface area contributed by atoms with Crippen molar-refractivity contribution in [1.82, 2.24) is 0 Å². The second kappa shape index (κ2) is 15.6. The van der Waals surface area contributed by atoms with Gasteiger partial charge in [-0.05, 0) is 139 Å². The lowest BCUT2D eigenvalue weighted by Crippen LogP contribution is -2.10. The van der Waals surface area contributed by atoms with Gasteiger partial charge in [-0.2, -0.15) is 0 Å². The Hall–Kier alpha value is -7.13. The molecular weight excluding hydrogens is 743 g/mol. The number of anilines is 3. The Bertz CT molecular complexity index is 3070. The first kappa shape index (κ1) is 36.0. The van der Waals surface area contributed by atoms with Crippen LogP contribution in [0, 0.1) is 0 Å². The van der Waals surface area contributed by atoms with Crippen LogP contribution < -0.4 is 4.90 Å². The summed E-state index contributed by atoms with van der Waals surface area (Å²) >= 11 is 2.00. The number of hydrogen-bond donors (Lipinski definition) is 0. The molecule has 11 rings (SSSR count). The summed E-state index contributed by atoms with van der Waals surface area (Å²) in [7, 11) is 0. The molecule has 0 saturated heterocycles. The molecule has 9 aromatic rings. The van der Waals surface area contributed by atoms with Crippen LogP contribution in [0.1, 0.15) is 17.5 Å². The molecule has 2 heteroatoms. The van der Waals surface area contributed by atoms with Crippen molar-refractivity contribution in [3.8, 4) is 44.5 Å². The van der Waals surface area contributed by atoms with Gasteiger partial charge in [0.25, 0.3) is 0 Å². The topological polar surface area (TPSA) is 3.24 Å². The van der Waals surface area contributed by atoms with Crippen LogP contribution in [-0.2, 0) is 0 Å². The molecule has 0 N–H and O–H groups in total. The highest BCUT2D eigenvalue weighted by Crippen LogP contribution is 2.51. The zero-order valence-corrected chi connectivity index (χ0v) is 33.9. The van der Waals surface area contributed by atoms with E-state index in [9.17, 15) is 0 Å². The molecule has 2 aliphatic rings. The van der Waals surface area contributed by atoms with Crippen LogP contribution in [-0.4, -0.2) is 5.25 Å². The lowest BCUT2D eigenvalue weighted by Gasteiger charge is -2.27. The summed E-state index contributed by atoms with van der Waals surface area (Å²) in [6.45, 7) is 0. The van der Waals surface area contributed by atoms with Crippen molar-refractivity contribution in [3.63, 3.8) is 0 Å². The number of hydrogen-bond acceptors (Lipinski definition) is 2. The fraction of sp³-hybridized carbons (Fsp3) is 0.0345. The predicted molar refractivity (Wildman–Crippen MR) is 257 cm³/mol. The Morgan fingerprint density at radius 2 is 0.883 bits per heavy atom. The molecule has 60 heavy (non-hydrogen) atoms. The lowest BCUT2D eigenvalue weighted by molar-refractivity contribution is 1.09. The van der Waals surface area contributed by atoms with E-state index in [4.69, 9.17) is 0 Å². The molecule has 0 bridgehead atoms. The van der Waals surface area contributed by atoms with Crippen LogP contribution >= 0.6 is 11.8 Å². The maximum atomic E-state index is 2.38. The van der Waals surface area contributed by atoms with Crippen molar-refractivity contribution >= 4 is 50.7 Å². The largest absolute Gasteiger partial charge is 0.310 e. The summed E-state index contributed by atoms with van der Waals surface area (Å²) < 4.78 is 0. The van der Waals surface area contributed by atoms with Gasteiger partial charge in [0, 0.05) is 27.2 Å². The van der Waals surface area contributed by atoms with Crippen LogP contribution in [0.3, 0.4) is 0 Å². The summed E-state index contributed by atoms with van der Waals surface area (Å²) in [5.74, 6) is 0. The fourth-order valence-corrected chi connectivity index (χ4v) is 10.3. The van der Waals surface area contributed by atoms with Crippen molar-refractivity contribution in [2.45, 2.75) is 16.6 Å². The molecule has 1 atom stereocenters. The first-order chi connectivity index (χ1) is 29.7. The average Bonchev–Trinajstić information content (AvgIpc) is 3.72. The summed E-state index contributed by atoms with van der Waals surface area (Å²) in [5.41, 5.74) is 18.4. The van der Waals surface area contributed by atoms with Gasteiger partial charge in [-0.1, -0.05) is 176 Å². The predicted octanol–water partition coefficient (Wildman–Crippen LogP) is 16.3. The smallest absolute Gasteiger partial charge is 0.0467 e.